The number of rotatable bonds is 4. The molecule has 5 nitrogen and oxygen atoms in total. The molecule has 0 atom stereocenters. The lowest BCUT2D eigenvalue weighted by atomic mass is 10.3. The maximum absolute atomic E-state index is 12.5. The van der Waals surface area contributed by atoms with Gasteiger partial charge in [-0.25, -0.2) is 8.42 Å². The lowest BCUT2D eigenvalue weighted by Gasteiger charge is -2.18. The SMILES string of the molecule is Cc1occc1CN(C)S(=O)(=O)c1c(N)cccc1Cl. The van der Waals surface area contributed by atoms with E-state index in [4.69, 9.17) is 21.8 Å². The number of aryl methyl sites for hydroxylation is 1. The van der Waals surface area contributed by atoms with Crippen molar-refractivity contribution in [3.8, 4) is 0 Å². The summed E-state index contributed by atoms with van der Waals surface area (Å²) < 4.78 is 31.4. The van der Waals surface area contributed by atoms with Crippen molar-refractivity contribution in [1.82, 2.24) is 4.31 Å². The first-order valence-corrected chi connectivity index (χ1v) is 7.69. The Morgan fingerprint density at radius 1 is 1.35 bits per heavy atom. The molecule has 0 amide bonds. The van der Waals surface area contributed by atoms with E-state index in [0.29, 0.717) is 5.76 Å². The first kappa shape index (κ1) is 14.9. The normalized spacial score (nSPS) is 12.0. The summed E-state index contributed by atoms with van der Waals surface area (Å²) in [5.74, 6) is 0.680. The second kappa shape index (κ2) is 5.47. The van der Waals surface area contributed by atoms with E-state index in [1.165, 1.54) is 29.7 Å². The number of benzene rings is 1. The van der Waals surface area contributed by atoms with Crippen LogP contribution in [0.4, 0.5) is 5.69 Å². The van der Waals surface area contributed by atoms with Crippen LogP contribution in [0.15, 0.2) is 39.8 Å². The fourth-order valence-electron chi connectivity index (χ4n) is 1.85. The van der Waals surface area contributed by atoms with Crippen LogP contribution < -0.4 is 5.73 Å². The first-order valence-electron chi connectivity index (χ1n) is 5.87. The van der Waals surface area contributed by atoms with Crippen LogP contribution >= 0.6 is 11.6 Å². The third-order valence-corrected chi connectivity index (χ3v) is 5.37. The molecule has 0 radical (unpaired) electrons. The smallest absolute Gasteiger partial charge is 0.246 e. The van der Waals surface area contributed by atoms with E-state index in [2.05, 4.69) is 0 Å². The molecule has 1 aromatic heterocycles. The quantitative estimate of drug-likeness (QED) is 0.880. The summed E-state index contributed by atoms with van der Waals surface area (Å²) in [4.78, 5) is -0.0645. The third kappa shape index (κ3) is 2.67. The van der Waals surface area contributed by atoms with Crippen molar-refractivity contribution in [1.29, 1.82) is 0 Å². The minimum atomic E-state index is -3.76. The number of nitrogens with two attached hydrogens (primary N) is 1. The minimum Gasteiger partial charge on any atom is -0.469 e. The zero-order chi connectivity index (χ0) is 14.9. The summed E-state index contributed by atoms with van der Waals surface area (Å²) in [5, 5.41) is 0.112. The topological polar surface area (TPSA) is 76.5 Å². The fourth-order valence-corrected chi connectivity index (χ4v) is 3.63. The highest BCUT2D eigenvalue weighted by molar-refractivity contribution is 7.89. The number of nitrogen functional groups attached to an aromatic ring is 1. The van der Waals surface area contributed by atoms with Crippen LogP contribution in [0.1, 0.15) is 11.3 Å². The van der Waals surface area contributed by atoms with Gasteiger partial charge in [0.05, 0.1) is 17.0 Å². The number of halogens is 1. The van der Waals surface area contributed by atoms with E-state index >= 15 is 0 Å². The Hall–Kier alpha value is -1.50. The average molecular weight is 315 g/mol. The highest BCUT2D eigenvalue weighted by Gasteiger charge is 2.26. The summed E-state index contributed by atoms with van der Waals surface area (Å²) in [6.45, 7) is 1.97. The summed E-state index contributed by atoms with van der Waals surface area (Å²) in [7, 11) is -2.28. The van der Waals surface area contributed by atoms with Crippen LogP contribution in [-0.2, 0) is 16.6 Å². The van der Waals surface area contributed by atoms with Crippen molar-refractivity contribution >= 4 is 27.3 Å². The van der Waals surface area contributed by atoms with Crippen molar-refractivity contribution in [3.63, 3.8) is 0 Å². The summed E-state index contributed by atoms with van der Waals surface area (Å²) in [5.41, 5.74) is 6.67. The Morgan fingerprint density at radius 2 is 2.05 bits per heavy atom. The molecule has 0 saturated heterocycles. The molecule has 1 heterocycles. The first-order chi connectivity index (χ1) is 9.34. The molecule has 0 bridgehead atoms. The Morgan fingerprint density at radius 3 is 2.60 bits per heavy atom. The molecule has 0 aliphatic carbocycles. The zero-order valence-corrected chi connectivity index (χ0v) is 12.7. The number of nitrogens with zero attached hydrogens (tertiary/aromatic N) is 1. The maximum atomic E-state index is 12.5. The molecule has 0 aliphatic heterocycles. The monoisotopic (exact) mass is 314 g/mol. The molecule has 20 heavy (non-hydrogen) atoms. The van der Waals surface area contributed by atoms with Crippen LogP contribution in [0.3, 0.4) is 0 Å². The van der Waals surface area contributed by atoms with E-state index in [1.807, 2.05) is 0 Å². The molecule has 0 aliphatic rings. The lowest BCUT2D eigenvalue weighted by molar-refractivity contribution is 0.459. The Kier molecular flexibility index (Phi) is 4.08. The van der Waals surface area contributed by atoms with Crippen molar-refractivity contribution in [2.24, 2.45) is 0 Å². The maximum Gasteiger partial charge on any atom is 0.246 e. The van der Waals surface area contributed by atoms with E-state index in [9.17, 15) is 8.42 Å². The Labute approximate surface area is 123 Å². The van der Waals surface area contributed by atoms with Gasteiger partial charge in [0.2, 0.25) is 10.0 Å². The molecular formula is C13H15ClN2O3S. The summed E-state index contributed by atoms with van der Waals surface area (Å²) in [6.07, 6.45) is 1.52. The molecular weight excluding hydrogens is 300 g/mol. The second-order valence-corrected chi connectivity index (χ2v) is 6.81. The van der Waals surface area contributed by atoms with Crippen molar-refractivity contribution in [2.45, 2.75) is 18.4 Å². The highest BCUT2D eigenvalue weighted by Crippen LogP contribution is 2.30. The average Bonchev–Trinajstić information content (AvgIpc) is 2.74. The van der Waals surface area contributed by atoms with Crippen LogP contribution in [0.5, 0.6) is 0 Å². The number of hydrogen-bond donors (Lipinski definition) is 1. The van der Waals surface area contributed by atoms with E-state index in [1.54, 1.807) is 19.1 Å². The molecule has 0 saturated carbocycles. The van der Waals surface area contributed by atoms with Crippen LogP contribution in [0.25, 0.3) is 0 Å². The number of sulfonamides is 1. The fraction of sp³-hybridized carbons (Fsp3) is 0.231. The van der Waals surface area contributed by atoms with Gasteiger partial charge in [-0.15, -0.1) is 0 Å². The van der Waals surface area contributed by atoms with Gasteiger partial charge in [0.15, 0.2) is 0 Å². The van der Waals surface area contributed by atoms with E-state index in [-0.39, 0.29) is 22.2 Å². The molecule has 7 heteroatoms. The number of anilines is 1. The largest absolute Gasteiger partial charge is 0.469 e. The van der Waals surface area contributed by atoms with Gasteiger partial charge in [-0.2, -0.15) is 4.31 Å². The molecule has 0 spiro atoms. The molecule has 1 aromatic carbocycles. The van der Waals surface area contributed by atoms with Gasteiger partial charge in [-0.05, 0) is 25.1 Å². The predicted octanol–water partition coefficient (Wildman–Crippen LogP) is 2.64. The minimum absolute atomic E-state index is 0.0645. The van der Waals surface area contributed by atoms with Gasteiger partial charge in [-0.3, -0.25) is 0 Å². The van der Waals surface area contributed by atoms with Crippen LogP contribution in [-0.4, -0.2) is 19.8 Å². The predicted molar refractivity (Wildman–Crippen MR) is 78.0 cm³/mol. The standard InChI is InChI=1S/C13H15ClN2O3S/c1-9-10(6-7-19-9)8-16(2)20(17,18)13-11(14)4-3-5-12(13)15/h3-7H,8,15H2,1-2H3. The molecule has 0 unspecified atom stereocenters. The van der Waals surface area contributed by atoms with Crippen molar-refractivity contribution < 1.29 is 12.8 Å². The van der Waals surface area contributed by atoms with Gasteiger partial charge in [0, 0.05) is 19.2 Å². The zero-order valence-electron chi connectivity index (χ0n) is 11.1. The Balaban J connectivity index is 2.38. The van der Waals surface area contributed by atoms with E-state index in [0.717, 1.165) is 5.56 Å². The third-order valence-electron chi connectivity index (χ3n) is 3.02. The Bertz CT molecular complexity index is 705. The van der Waals surface area contributed by atoms with Gasteiger partial charge in [0.1, 0.15) is 10.7 Å². The van der Waals surface area contributed by atoms with Crippen molar-refractivity contribution in [2.75, 3.05) is 12.8 Å². The second-order valence-electron chi connectivity index (χ2n) is 4.42. The highest BCUT2D eigenvalue weighted by atomic mass is 35.5. The molecule has 2 N–H and O–H groups in total. The molecule has 2 aromatic rings. The lowest BCUT2D eigenvalue weighted by Crippen LogP contribution is -2.27. The van der Waals surface area contributed by atoms with Crippen molar-refractivity contribution in [3.05, 3.63) is 46.9 Å². The summed E-state index contributed by atoms with van der Waals surface area (Å²) in [6, 6.07) is 6.35. The van der Waals surface area contributed by atoms with E-state index < -0.39 is 10.0 Å². The summed E-state index contributed by atoms with van der Waals surface area (Å²) >= 11 is 5.97. The van der Waals surface area contributed by atoms with Crippen LogP contribution in [0.2, 0.25) is 5.02 Å². The van der Waals surface area contributed by atoms with Gasteiger partial charge in [-0.1, -0.05) is 17.7 Å². The van der Waals surface area contributed by atoms with Gasteiger partial charge >= 0.3 is 0 Å². The number of furan rings is 1. The molecule has 108 valence electrons. The van der Waals surface area contributed by atoms with Gasteiger partial charge in [0.25, 0.3) is 0 Å². The van der Waals surface area contributed by atoms with Gasteiger partial charge < -0.3 is 10.2 Å². The number of hydrogen-bond acceptors (Lipinski definition) is 4. The van der Waals surface area contributed by atoms with Crippen LogP contribution in [0, 0.1) is 6.92 Å². The molecule has 0 fully saturated rings. The molecule has 2 rings (SSSR count).